The van der Waals surface area contributed by atoms with Gasteiger partial charge in [0.15, 0.2) is 5.89 Å². The molecular weight excluding hydrogens is 320 g/mol. The van der Waals surface area contributed by atoms with Crippen molar-refractivity contribution in [2.75, 3.05) is 13.1 Å². The van der Waals surface area contributed by atoms with E-state index in [9.17, 15) is 4.79 Å². The first-order valence-electron chi connectivity index (χ1n) is 8.56. The summed E-state index contributed by atoms with van der Waals surface area (Å²) in [4.78, 5) is 20.2. The molecule has 1 aromatic heterocycles. The van der Waals surface area contributed by atoms with Gasteiger partial charge in [-0.05, 0) is 38.3 Å². The zero-order chi connectivity index (χ0) is 17.1. The number of carbonyl (C=O) groups is 1. The molecule has 2 heterocycles. The van der Waals surface area contributed by atoms with E-state index in [0.29, 0.717) is 29.0 Å². The molecule has 0 unspecified atom stereocenters. The van der Waals surface area contributed by atoms with Gasteiger partial charge in [0.25, 0.3) is 5.91 Å². The molecule has 0 spiro atoms. The normalized spacial score (nSPS) is 15.7. The van der Waals surface area contributed by atoms with E-state index < -0.39 is 0 Å². The molecule has 0 saturated carbocycles. The second kappa shape index (κ2) is 7.43. The number of hydrogen-bond acceptors (Lipinski definition) is 4. The SMILES string of the molecule is CCc1nc(C)c(C(=O)N2CCC(Sc3ccccc3C)CC2)o1. The monoisotopic (exact) mass is 344 g/mol. The smallest absolute Gasteiger partial charge is 0.291 e. The molecule has 1 aliphatic rings. The van der Waals surface area contributed by atoms with Crippen LogP contribution in [0.2, 0.25) is 0 Å². The Bertz CT molecular complexity index is 718. The molecule has 4 nitrogen and oxygen atoms in total. The van der Waals surface area contributed by atoms with E-state index in [4.69, 9.17) is 4.42 Å². The number of oxazole rings is 1. The van der Waals surface area contributed by atoms with Gasteiger partial charge in [0.2, 0.25) is 5.76 Å². The molecule has 3 rings (SSSR count). The molecule has 1 aliphatic heterocycles. The summed E-state index contributed by atoms with van der Waals surface area (Å²) in [5, 5.41) is 0.567. The largest absolute Gasteiger partial charge is 0.435 e. The first kappa shape index (κ1) is 17.1. The molecule has 0 atom stereocenters. The van der Waals surface area contributed by atoms with Crippen molar-refractivity contribution in [2.45, 2.75) is 50.2 Å². The zero-order valence-electron chi connectivity index (χ0n) is 14.5. The van der Waals surface area contributed by atoms with Crippen LogP contribution in [0.4, 0.5) is 0 Å². The van der Waals surface area contributed by atoms with Gasteiger partial charge in [-0.15, -0.1) is 11.8 Å². The lowest BCUT2D eigenvalue weighted by molar-refractivity contribution is 0.0692. The van der Waals surface area contributed by atoms with Crippen molar-refractivity contribution < 1.29 is 9.21 Å². The van der Waals surface area contributed by atoms with Crippen LogP contribution in [0.3, 0.4) is 0 Å². The molecule has 128 valence electrons. The number of likely N-dealkylation sites (tertiary alicyclic amines) is 1. The molecule has 1 amide bonds. The van der Waals surface area contributed by atoms with Gasteiger partial charge in [-0.25, -0.2) is 4.98 Å². The van der Waals surface area contributed by atoms with Crippen molar-refractivity contribution >= 4 is 17.7 Å². The highest BCUT2D eigenvalue weighted by atomic mass is 32.2. The lowest BCUT2D eigenvalue weighted by atomic mass is 10.1. The minimum Gasteiger partial charge on any atom is -0.435 e. The second-order valence-corrected chi connectivity index (χ2v) is 7.59. The number of aromatic nitrogens is 1. The molecule has 1 fully saturated rings. The van der Waals surface area contributed by atoms with Gasteiger partial charge in [-0.3, -0.25) is 4.79 Å². The van der Waals surface area contributed by atoms with Crippen LogP contribution < -0.4 is 0 Å². The van der Waals surface area contributed by atoms with E-state index in [1.54, 1.807) is 0 Å². The van der Waals surface area contributed by atoms with Gasteiger partial charge in [0.1, 0.15) is 0 Å². The Balaban J connectivity index is 1.59. The van der Waals surface area contributed by atoms with Crippen LogP contribution in [0, 0.1) is 13.8 Å². The highest BCUT2D eigenvalue weighted by molar-refractivity contribution is 8.00. The number of carbonyl (C=O) groups excluding carboxylic acids is 1. The summed E-state index contributed by atoms with van der Waals surface area (Å²) >= 11 is 1.94. The molecule has 2 aromatic rings. The number of rotatable bonds is 4. The first-order chi connectivity index (χ1) is 11.6. The highest BCUT2D eigenvalue weighted by Gasteiger charge is 2.28. The summed E-state index contributed by atoms with van der Waals surface area (Å²) < 4.78 is 5.61. The molecular formula is C19H24N2O2S. The van der Waals surface area contributed by atoms with E-state index in [2.05, 4.69) is 36.2 Å². The minimum atomic E-state index is -0.0148. The minimum absolute atomic E-state index is 0.0148. The van der Waals surface area contributed by atoms with E-state index in [1.165, 1.54) is 10.5 Å². The fraction of sp³-hybridized carbons (Fsp3) is 0.474. The van der Waals surface area contributed by atoms with Crippen LogP contribution >= 0.6 is 11.8 Å². The molecule has 0 N–H and O–H groups in total. The van der Waals surface area contributed by atoms with Crippen LogP contribution in [0.15, 0.2) is 33.6 Å². The number of amides is 1. The average molecular weight is 344 g/mol. The van der Waals surface area contributed by atoms with Crippen LogP contribution in [0.5, 0.6) is 0 Å². The summed E-state index contributed by atoms with van der Waals surface area (Å²) in [6.45, 7) is 7.54. The van der Waals surface area contributed by atoms with Crippen molar-refractivity contribution in [3.05, 3.63) is 47.2 Å². The maximum Gasteiger partial charge on any atom is 0.291 e. The Labute approximate surface area is 147 Å². The topological polar surface area (TPSA) is 46.3 Å². The van der Waals surface area contributed by atoms with Crippen molar-refractivity contribution in [1.82, 2.24) is 9.88 Å². The quantitative estimate of drug-likeness (QED) is 0.832. The summed E-state index contributed by atoms with van der Waals surface area (Å²) in [6.07, 6.45) is 2.74. The Kier molecular flexibility index (Phi) is 5.29. The lowest BCUT2D eigenvalue weighted by Crippen LogP contribution is -2.39. The molecule has 0 radical (unpaired) electrons. The maximum atomic E-state index is 12.7. The summed E-state index contributed by atoms with van der Waals surface area (Å²) in [6, 6.07) is 8.50. The fourth-order valence-corrected chi connectivity index (χ4v) is 4.21. The Morgan fingerprint density at radius 3 is 2.62 bits per heavy atom. The molecule has 5 heteroatoms. The Morgan fingerprint density at radius 1 is 1.29 bits per heavy atom. The van der Waals surface area contributed by atoms with Crippen molar-refractivity contribution in [1.29, 1.82) is 0 Å². The van der Waals surface area contributed by atoms with Gasteiger partial charge in [0, 0.05) is 29.7 Å². The van der Waals surface area contributed by atoms with Gasteiger partial charge < -0.3 is 9.32 Å². The predicted molar refractivity (Wildman–Crippen MR) is 96.6 cm³/mol. The van der Waals surface area contributed by atoms with Crippen molar-refractivity contribution in [3.63, 3.8) is 0 Å². The van der Waals surface area contributed by atoms with E-state index in [0.717, 1.165) is 25.9 Å². The van der Waals surface area contributed by atoms with E-state index in [-0.39, 0.29) is 5.91 Å². The fourth-order valence-electron chi connectivity index (χ4n) is 2.99. The molecule has 0 aliphatic carbocycles. The number of aryl methyl sites for hydroxylation is 3. The van der Waals surface area contributed by atoms with Gasteiger partial charge in [-0.2, -0.15) is 0 Å². The molecule has 1 aromatic carbocycles. The Hall–Kier alpha value is -1.75. The second-order valence-electron chi connectivity index (χ2n) is 6.25. The van der Waals surface area contributed by atoms with Crippen LogP contribution in [0.25, 0.3) is 0 Å². The third kappa shape index (κ3) is 3.66. The third-order valence-electron chi connectivity index (χ3n) is 4.45. The molecule has 0 bridgehead atoms. The van der Waals surface area contributed by atoms with Crippen LogP contribution in [0.1, 0.15) is 47.5 Å². The van der Waals surface area contributed by atoms with Gasteiger partial charge in [0.05, 0.1) is 5.69 Å². The standard InChI is InChI=1S/C19H24N2O2S/c1-4-17-20-14(3)18(23-17)19(22)21-11-9-15(10-12-21)24-16-8-6-5-7-13(16)2/h5-8,15H,4,9-12H2,1-3H3. The Morgan fingerprint density at radius 2 is 2.00 bits per heavy atom. The number of nitrogens with zero attached hydrogens (tertiary/aromatic N) is 2. The number of benzene rings is 1. The third-order valence-corrected chi connectivity index (χ3v) is 5.97. The summed E-state index contributed by atoms with van der Waals surface area (Å²) in [5.41, 5.74) is 2.03. The van der Waals surface area contributed by atoms with E-state index in [1.807, 2.05) is 30.5 Å². The zero-order valence-corrected chi connectivity index (χ0v) is 15.4. The number of thioether (sulfide) groups is 1. The highest BCUT2D eigenvalue weighted by Crippen LogP contribution is 2.32. The summed E-state index contributed by atoms with van der Waals surface area (Å²) in [7, 11) is 0. The van der Waals surface area contributed by atoms with Gasteiger partial charge in [-0.1, -0.05) is 25.1 Å². The summed E-state index contributed by atoms with van der Waals surface area (Å²) in [5.74, 6) is 1.04. The van der Waals surface area contributed by atoms with Gasteiger partial charge >= 0.3 is 0 Å². The number of piperidine rings is 1. The lowest BCUT2D eigenvalue weighted by Gasteiger charge is -2.31. The van der Waals surface area contributed by atoms with Crippen molar-refractivity contribution in [3.8, 4) is 0 Å². The maximum absolute atomic E-state index is 12.7. The van der Waals surface area contributed by atoms with Crippen LogP contribution in [-0.2, 0) is 6.42 Å². The average Bonchev–Trinajstić information content (AvgIpc) is 2.98. The first-order valence-corrected chi connectivity index (χ1v) is 9.44. The molecule has 24 heavy (non-hydrogen) atoms. The van der Waals surface area contributed by atoms with Crippen molar-refractivity contribution in [2.24, 2.45) is 0 Å². The van der Waals surface area contributed by atoms with Crippen LogP contribution in [-0.4, -0.2) is 34.1 Å². The molecule has 1 saturated heterocycles. The number of hydrogen-bond donors (Lipinski definition) is 0. The van der Waals surface area contributed by atoms with E-state index >= 15 is 0 Å². The predicted octanol–water partition coefficient (Wildman–Crippen LogP) is 4.25.